The lowest BCUT2D eigenvalue weighted by Crippen LogP contribution is -2.54. The number of esters is 2. The van der Waals surface area contributed by atoms with Gasteiger partial charge in [-0.1, -0.05) is 20.8 Å². The standard InChI is InChI=1S/C27H45NO4.ClH/c1-17(5-10-24(29)31-4)21-8-9-22-20-7-6-18-15-19(32-25(30)16-28)11-13-26(18,2)23(20)12-14-27(21,22)3;/h17-23H,5-16,28H2,1-4H3;1H/t17-,18-,19-,20+,21-,22+,23+,26+,27-;/m1./s1. The van der Waals surface area contributed by atoms with E-state index in [9.17, 15) is 9.59 Å². The number of carbonyl (C=O) groups excluding carboxylic acids is 2. The molecule has 0 aromatic carbocycles. The molecule has 0 saturated heterocycles. The van der Waals surface area contributed by atoms with E-state index in [2.05, 4.69) is 20.8 Å². The highest BCUT2D eigenvalue weighted by molar-refractivity contribution is 5.85. The Labute approximate surface area is 206 Å². The third-order valence-electron chi connectivity index (χ3n) is 10.9. The lowest BCUT2D eigenvalue weighted by Gasteiger charge is -2.61. The van der Waals surface area contributed by atoms with Crippen LogP contribution in [0.3, 0.4) is 0 Å². The van der Waals surface area contributed by atoms with E-state index < -0.39 is 0 Å². The fraction of sp³-hybridized carbons (Fsp3) is 0.926. The Morgan fingerprint density at radius 1 is 0.970 bits per heavy atom. The highest BCUT2D eigenvalue weighted by Crippen LogP contribution is 2.68. The van der Waals surface area contributed by atoms with Crippen LogP contribution in [-0.2, 0) is 19.1 Å². The Balaban J connectivity index is 0.00000306. The molecule has 0 spiro atoms. The van der Waals surface area contributed by atoms with E-state index in [0.29, 0.717) is 29.1 Å². The number of rotatable bonds is 6. The molecule has 190 valence electrons. The quantitative estimate of drug-likeness (QED) is 0.502. The lowest BCUT2D eigenvalue weighted by atomic mass is 9.44. The number of ether oxygens (including phenoxy) is 2. The lowest BCUT2D eigenvalue weighted by molar-refractivity contribution is -0.161. The molecule has 0 aliphatic heterocycles. The van der Waals surface area contributed by atoms with E-state index in [4.69, 9.17) is 15.2 Å². The molecule has 0 bridgehead atoms. The van der Waals surface area contributed by atoms with Gasteiger partial charge in [0.05, 0.1) is 13.7 Å². The van der Waals surface area contributed by atoms with Crippen molar-refractivity contribution in [2.45, 2.75) is 97.5 Å². The molecule has 0 radical (unpaired) electrons. The highest BCUT2D eigenvalue weighted by Gasteiger charge is 2.60. The molecule has 5 nitrogen and oxygen atoms in total. The number of hydrogen-bond donors (Lipinski definition) is 1. The van der Waals surface area contributed by atoms with Gasteiger partial charge < -0.3 is 15.2 Å². The second-order valence-corrected chi connectivity index (χ2v) is 12.1. The van der Waals surface area contributed by atoms with Crippen molar-refractivity contribution >= 4 is 24.3 Å². The minimum absolute atomic E-state index is 0. The van der Waals surface area contributed by atoms with Gasteiger partial charge in [-0.05, 0) is 111 Å². The maximum Gasteiger partial charge on any atom is 0.319 e. The first-order valence-corrected chi connectivity index (χ1v) is 13.2. The van der Waals surface area contributed by atoms with Gasteiger partial charge in [-0.25, -0.2) is 0 Å². The van der Waals surface area contributed by atoms with Crippen LogP contribution in [0.4, 0.5) is 0 Å². The molecule has 4 saturated carbocycles. The van der Waals surface area contributed by atoms with E-state index in [0.717, 1.165) is 42.9 Å². The van der Waals surface area contributed by atoms with Crippen LogP contribution < -0.4 is 5.73 Å². The summed E-state index contributed by atoms with van der Waals surface area (Å²) in [6.07, 6.45) is 12.8. The van der Waals surface area contributed by atoms with Crippen LogP contribution in [0.25, 0.3) is 0 Å². The van der Waals surface area contributed by atoms with Gasteiger partial charge in [-0.3, -0.25) is 9.59 Å². The maximum absolute atomic E-state index is 11.7. The Morgan fingerprint density at radius 2 is 1.67 bits per heavy atom. The summed E-state index contributed by atoms with van der Waals surface area (Å²) in [5.41, 5.74) is 6.29. The summed E-state index contributed by atoms with van der Waals surface area (Å²) in [5, 5.41) is 0. The van der Waals surface area contributed by atoms with E-state index in [-0.39, 0.29) is 37.0 Å². The fourth-order valence-corrected chi connectivity index (χ4v) is 9.18. The average molecular weight is 484 g/mol. The topological polar surface area (TPSA) is 78.6 Å². The SMILES string of the molecule is COC(=O)CC[C@@H](C)[C@H]1CC[C@H]2[C@@H]3CC[C@@H]4C[C@H](OC(=O)CN)CC[C@]4(C)[C@H]3CC[C@]12C.Cl. The third kappa shape index (κ3) is 4.83. The van der Waals surface area contributed by atoms with Crippen LogP contribution in [0.5, 0.6) is 0 Å². The Hall–Kier alpha value is -0.810. The molecule has 2 N–H and O–H groups in total. The summed E-state index contributed by atoms with van der Waals surface area (Å²) >= 11 is 0. The van der Waals surface area contributed by atoms with Crippen molar-refractivity contribution in [2.75, 3.05) is 13.7 Å². The molecule has 0 aromatic heterocycles. The molecule has 6 heteroatoms. The van der Waals surface area contributed by atoms with Gasteiger partial charge in [0.25, 0.3) is 0 Å². The summed E-state index contributed by atoms with van der Waals surface area (Å²) in [6.45, 7) is 7.50. The molecular weight excluding hydrogens is 438 g/mol. The smallest absolute Gasteiger partial charge is 0.319 e. The minimum atomic E-state index is -0.251. The van der Waals surface area contributed by atoms with Gasteiger partial charge in [0.2, 0.25) is 0 Å². The highest BCUT2D eigenvalue weighted by atomic mass is 35.5. The number of nitrogens with two attached hydrogens (primary N) is 1. The van der Waals surface area contributed by atoms with Crippen molar-refractivity contribution < 1.29 is 19.1 Å². The normalized spacial score (nSPS) is 42.7. The molecule has 0 unspecified atom stereocenters. The fourth-order valence-electron chi connectivity index (χ4n) is 9.18. The van der Waals surface area contributed by atoms with E-state index in [1.807, 2.05) is 0 Å². The zero-order chi connectivity index (χ0) is 23.1. The molecule has 4 aliphatic carbocycles. The monoisotopic (exact) mass is 483 g/mol. The molecule has 4 aliphatic rings. The third-order valence-corrected chi connectivity index (χ3v) is 10.9. The maximum atomic E-state index is 11.7. The largest absolute Gasteiger partial charge is 0.469 e. The summed E-state index contributed by atoms with van der Waals surface area (Å²) < 4.78 is 10.5. The molecule has 4 rings (SSSR count). The van der Waals surface area contributed by atoms with Crippen molar-refractivity contribution in [1.82, 2.24) is 0 Å². The van der Waals surface area contributed by atoms with E-state index in [1.54, 1.807) is 0 Å². The number of hydrogen-bond acceptors (Lipinski definition) is 5. The number of fused-ring (bicyclic) bond motifs is 5. The molecule has 0 amide bonds. The van der Waals surface area contributed by atoms with Gasteiger partial charge in [0.15, 0.2) is 0 Å². The van der Waals surface area contributed by atoms with E-state index in [1.165, 1.54) is 52.1 Å². The molecule has 0 heterocycles. The van der Waals surface area contributed by atoms with Crippen LogP contribution in [0.15, 0.2) is 0 Å². The summed E-state index contributed by atoms with van der Waals surface area (Å²) in [5.74, 6) is 4.16. The molecular formula is C27H46ClNO4. The van der Waals surface area contributed by atoms with Crippen molar-refractivity contribution in [1.29, 1.82) is 0 Å². The van der Waals surface area contributed by atoms with Crippen molar-refractivity contribution in [3.8, 4) is 0 Å². The van der Waals surface area contributed by atoms with Crippen molar-refractivity contribution in [3.05, 3.63) is 0 Å². The first kappa shape index (κ1) is 26.8. The van der Waals surface area contributed by atoms with Crippen molar-refractivity contribution in [3.63, 3.8) is 0 Å². The van der Waals surface area contributed by atoms with Gasteiger partial charge in [0.1, 0.15) is 6.10 Å². The predicted molar refractivity (Wildman–Crippen MR) is 132 cm³/mol. The second-order valence-electron chi connectivity index (χ2n) is 12.1. The Bertz CT molecular complexity index is 716. The summed E-state index contributed by atoms with van der Waals surface area (Å²) in [6, 6.07) is 0. The second kappa shape index (κ2) is 10.4. The van der Waals surface area contributed by atoms with Crippen LogP contribution in [-0.4, -0.2) is 31.7 Å². The number of methoxy groups -OCH3 is 1. The van der Waals surface area contributed by atoms with Gasteiger partial charge in [-0.15, -0.1) is 12.4 Å². The Morgan fingerprint density at radius 3 is 2.36 bits per heavy atom. The zero-order valence-corrected chi connectivity index (χ0v) is 22.0. The molecule has 9 atom stereocenters. The molecule has 4 fully saturated rings. The van der Waals surface area contributed by atoms with Crippen molar-refractivity contribution in [2.24, 2.45) is 52.1 Å². The predicted octanol–water partition coefficient (Wildman–Crippen LogP) is 5.53. The van der Waals surface area contributed by atoms with E-state index >= 15 is 0 Å². The summed E-state index contributed by atoms with van der Waals surface area (Å²) in [7, 11) is 1.49. The number of halogens is 1. The Kier molecular flexibility index (Phi) is 8.47. The molecule has 0 aromatic rings. The van der Waals surface area contributed by atoms with Crippen LogP contribution in [0, 0.1) is 46.3 Å². The first-order valence-electron chi connectivity index (χ1n) is 13.2. The van der Waals surface area contributed by atoms with Crippen LogP contribution >= 0.6 is 12.4 Å². The minimum Gasteiger partial charge on any atom is -0.469 e. The number of carbonyl (C=O) groups is 2. The average Bonchev–Trinajstić information content (AvgIpc) is 3.14. The molecule has 33 heavy (non-hydrogen) atoms. The van der Waals surface area contributed by atoms with Gasteiger partial charge >= 0.3 is 11.9 Å². The first-order chi connectivity index (χ1) is 15.2. The zero-order valence-electron chi connectivity index (χ0n) is 21.1. The summed E-state index contributed by atoms with van der Waals surface area (Å²) in [4.78, 5) is 23.4. The van der Waals surface area contributed by atoms with Gasteiger partial charge in [-0.2, -0.15) is 0 Å². The van der Waals surface area contributed by atoms with Crippen LogP contribution in [0.1, 0.15) is 91.4 Å². The van der Waals surface area contributed by atoms with Crippen LogP contribution in [0.2, 0.25) is 0 Å². The van der Waals surface area contributed by atoms with Gasteiger partial charge in [0, 0.05) is 6.42 Å².